The van der Waals surface area contributed by atoms with Gasteiger partial charge in [0.1, 0.15) is 6.61 Å². The quantitative estimate of drug-likeness (QED) is 0.603. The lowest BCUT2D eigenvalue weighted by molar-refractivity contribution is -0.166. The molecule has 2 aromatic rings. The van der Waals surface area contributed by atoms with Crippen LogP contribution in [0.25, 0.3) is 11.1 Å². The Kier molecular flexibility index (Phi) is 6.36. The molecular formula is C26H30N2O6. The highest BCUT2D eigenvalue weighted by molar-refractivity contribution is 5.84. The Balaban J connectivity index is 1.31. The molecule has 1 heterocycles. The number of carboxylic acid groups (broad SMARTS) is 1. The fourth-order valence-corrected chi connectivity index (χ4v) is 4.74. The van der Waals surface area contributed by atoms with Crippen LogP contribution in [0, 0.1) is 5.41 Å². The van der Waals surface area contributed by atoms with Crippen molar-refractivity contribution in [1.82, 2.24) is 10.2 Å². The Morgan fingerprint density at radius 3 is 2.09 bits per heavy atom. The summed E-state index contributed by atoms with van der Waals surface area (Å²) >= 11 is 0. The van der Waals surface area contributed by atoms with E-state index in [0.717, 1.165) is 22.3 Å². The van der Waals surface area contributed by atoms with Gasteiger partial charge in [0.05, 0.1) is 5.41 Å². The minimum absolute atomic E-state index is 0.0238. The van der Waals surface area contributed by atoms with Crippen LogP contribution in [0.5, 0.6) is 0 Å². The maximum absolute atomic E-state index is 13.0. The highest BCUT2D eigenvalue weighted by Crippen LogP contribution is 2.44. The van der Waals surface area contributed by atoms with Gasteiger partial charge in [0, 0.05) is 38.4 Å². The van der Waals surface area contributed by atoms with Crippen LogP contribution >= 0.6 is 0 Å². The number of fused-ring (bicyclic) bond motifs is 3. The third kappa shape index (κ3) is 4.50. The molecule has 8 heteroatoms. The lowest BCUT2D eigenvalue weighted by Crippen LogP contribution is -2.54. The normalized spacial score (nSPS) is 17.0. The standard InChI is InChI=1S/C26H30N2O6/c1-25(2,22(29)28-13-11-26(33,12-14-28)23(30)31)16-27-24(32)34-15-21-19-9-5-3-7-17(19)18-8-4-6-10-20(18)21/h3-10,21,33H,11-16H2,1-2H3,(H,27,32)(H,30,31). The number of carboxylic acids is 1. The molecule has 0 bridgehead atoms. The van der Waals surface area contributed by atoms with Crippen LogP contribution in [0.1, 0.15) is 43.7 Å². The van der Waals surface area contributed by atoms with Crippen molar-refractivity contribution in [2.24, 2.45) is 5.41 Å². The maximum atomic E-state index is 13.0. The molecule has 8 nitrogen and oxygen atoms in total. The number of hydrogen-bond acceptors (Lipinski definition) is 5. The molecule has 0 unspecified atom stereocenters. The van der Waals surface area contributed by atoms with Crippen LogP contribution in [-0.2, 0) is 14.3 Å². The van der Waals surface area contributed by atoms with Crippen LogP contribution in [0.4, 0.5) is 4.79 Å². The number of piperidine rings is 1. The number of likely N-dealkylation sites (tertiary alicyclic amines) is 1. The number of rotatable bonds is 6. The zero-order valence-electron chi connectivity index (χ0n) is 19.4. The highest BCUT2D eigenvalue weighted by atomic mass is 16.5. The predicted octanol–water partition coefficient (Wildman–Crippen LogP) is 2.99. The number of ether oxygens (including phenoxy) is 1. The van der Waals surface area contributed by atoms with Gasteiger partial charge in [-0.25, -0.2) is 9.59 Å². The van der Waals surface area contributed by atoms with Crippen molar-refractivity contribution < 1.29 is 29.3 Å². The molecule has 2 amide bonds. The minimum atomic E-state index is -1.79. The van der Waals surface area contributed by atoms with Crippen molar-refractivity contribution in [1.29, 1.82) is 0 Å². The van der Waals surface area contributed by atoms with Gasteiger partial charge >= 0.3 is 12.1 Å². The SMILES string of the molecule is CC(C)(CNC(=O)OCC1c2ccccc2-c2ccccc21)C(=O)N1CCC(O)(C(=O)O)CC1. The van der Waals surface area contributed by atoms with E-state index >= 15 is 0 Å². The summed E-state index contributed by atoms with van der Waals surface area (Å²) in [7, 11) is 0. The molecule has 1 saturated heterocycles. The van der Waals surface area contributed by atoms with Gasteiger partial charge in [-0.3, -0.25) is 4.79 Å². The molecule has 1 aliphatic carbocycles. The lowest BCUT2D eigenvalue weighted by atomic mass is 9.87. The molecule has 0 radical (unpaired) electrons. The number of amides is 2. The van der Waals surface area contributed by atoms with E-state index in [-0.39, 0.29) is 50.9 Å². The summed E-state index contributed by atoms with van der Waals surface area (Å²) in [6.45, 7) is 4.00. The number of aliphatic hydroxyl groups is 1. The molecule has 1 fully saturated rings. The van der Waals surface area contributed by atoms with Gasteiger partial charge in [0.2, 0.25) is 5.91 Å². The Bertz CT molecular complexity index is 1060. The van der Waals surface area contributed by atoms with Gasteiger partial charge in [-0.1, -0.05) is 48.5 Å². The molecule has 4 rings (SSSR count). The number of benzene rings is 2. The van der Waals surface area contributed by atoms with Crippen LogP contribution in [0.3, 0.4) is 0 Å². The second-order valence-corrected chi connectivity index (χ2v) is 9.69. The van der Waals surface area contributed by atoms with Crippen molar-refractivity contribution in [3.63, 3.8) is 0 Å². The van der Waals surface area contributed by atoms with E-state index in [0.29, 0.717) is 0 Å². The van der Waals surface area contributed by atoms with Gasteiger partial charge in [-0.2, -0.15) is 0 Å². The average molecular weight is 467 g/mol. The monoisotopic (exact) mass is 466 g/mol. The predicted molar refractivity (Wildman–Crippen MR) is 125 cm³/mol. The van der Waals surface area contributed by atoms with E-state index in [1.165, 1.54) is 4.90 Å². The summed E-state index contributed by atoms with van der Waals surface area (Å²) < 4.78 is 5.54. The van der Waals surface area contributed by atoms with Gasteiger partial charge in [-0.05, 0) is 36.1 Å². The van der Waals surface area contributed by atoms with E-state index in [9.17, 15) is 19.5 Å². The molecule has 2 aromatic carbocycles. The van der Waals surface area contributed by atoms with Crippen LogP contribution in [0.15, 0.2) is 48.5 Å². The number of nitrogens with zero attached hydrogens (tertiary/aromatic N) is 1. The third-order valence-corrected chi connectivity index (χ3v) is 6.87. The van der Waals surface area contributed by atoms with Crippen molar-refractivity contribution in [2.45, 2.75) is 38.2 Å². The number of aliphatic carboxylic acids is 1. The van der Waals surface area contributed by atoms with Crippen molar-refractivity contribution in [3.8, 4) is 11.1 Å². The Labute approximate surface area is 198 Å². The van der Waals surface area contributed by atoms with Crippen molar-refractivity contribution in [3.05, 3.63) is 59.7 Å². The number of carbonyl (C=O) groups is 3. The number of alkyl carbamates (subject to hydrolysis) is 1. The number of hydrogen-bond donors (Lipinski definition) is 3. The molecule has 0 aromatic heterocycles. The first kappa shape index (κ1) is 23.8. The zero-order valence-corrected chi connectivity index (χ0v) is 19.4. The van der Waals surface area contributed by atoms with Crippen molar-refractivity contribution in [2.75, 3.05) is 26.2 Å². The average Bonchev–Trinajstić information content (AvgIpc) is 3.15. The molecular weight excluding hydrogens is 436 g/mol. The number of carbonyl (C=O) groups excluding carboxylic acids is 2. The smallest absolute Gasteiger partial charge is 0.407 e. The van der Waals surface area contributed by atoms with E-state index in [1.807, 2.05) is 36.4 Å². The minimum Gasteiger partial charge on any atom is -0.479 e. The zero-order chi connectivity index (χ0) is 24.5. The summed E-state index contributed by atoms with van der Waals surface area (Å²) in [4.78, 5) is 38.2. The highest BCUT2D eigenvalue weighted by Gasteiger charge is 2.43. The summed E-state index contributed by atoms with van der Waals surface area (Å²) in [5, 5.41) is 21.9. The fraction of sp³-hybridized carbons (Fsp3) is 0.423. The molecule has 1 aliphatic heterocycles. The Morgan fingerprint density at radius 1 is 1.03 bits per heavy atom. The van der Waals surface area contributed by atoms with Gasteiger partial charge in [0.25, 0.3) is 0 Å². The first-order chi connectivity index (χ1) is 16.1. The first-order valence-corrected chi connectivity index (χ1v) is 11.5. The van der Waals surface area contributed by atoms with Gasteiger partial charge in [-0.15, -0.1) is 0 Å². The largest absolute Gasteiger partial charge is 0.479 e. The molecule has 34 heavy (non-hydrogen) atoms. The second-order valence-electron chi connectivity index (χ2n) is 9.69. The Morgan fingerprint density at radius 2 is 1.56 bits per heavy atom. The molecule has 0 spiro atoms. The van der Waals surface area contributed by atoms with Crippen LogP contribution < -0.4 is 5.32 Å². The molecule has 0 atom stereocenters. The van der Waals surface area contributed by atoms with E-state index in [2.05, 4.69) is 17.4 Å². The van der Waals surface area contributed by atoms with Crippen LogP contribution in [-0.4, -0.2) is 64.9 Å². The molecule has 0 saturated carbocycles. The van der Waals surface area contributed by atoms with E-state index in [1.54, 1.807) is 13.8 Å². The van der Waals surface area contributed by atoms with Gasteiger partial charge in [0.15, 0.2) is 5.60 Å². The third-order valence-electron chi connectivity index (χ3n) is 6.87. The van der Waals surface area contributed by atoms with E-state index in [4.69, 9.17) is 9.84 Å². The topological polar surface area (TPSA) is 116 Å². The lowest BCUT2D eigenvalue weighted by Gasteiger charge is -2.39. The Hall–Kier alpha value is -3.39. The molecule has 2 aliphatic rings. The first-order valence-electron chi connectivity index (χ1n) is 11.5. The number of nitrogens with one attached hydrogen (secondary N) is 1. The van der Waals surface area contributed by atoms with Crippen molar-refractivity contribution >= 4 is 18.0 Å². The summed E-state index contributed by atoms with van der Waals surface area (Å²) in [5.41, 5.74) is 1.84. The summed E-state index contributed by atoms with van der Waals surface area (Å²) in [5.74, 6) is -1.52. The maximum Gasteiger partial charge on any atom is 0.407 e. The summed E-state index contributed by atoms with van der Waals surface area (Å²) in [6.07, 6.45) is -0.643. The second kappa shape index (κ2) is 9.10. The molecule has 180 valence electrons. The fourth-order valence-electron chi connectivity index (χ4n) is 4.74. The van der Waals surface area contributed by atoms with E-state index < -0.39 is 23.1 Å². The van der Waals surface area contributed by atoms with Crippen LogP contribution in [0.2, 0.25) is 0 Å². The molecule has 3 N–H and O–H groups in total. The van der Waals surface area contributed by atoms with Gasteiger partial charge < -0.3 is 25.2 Å². The summed E-state index contributed by atoms with van der Waals surface area (Å²) in [6, 6.07) is 16.2.